The molecule has 222 valence electrons. The third kappa shape index (κ3) is 4.12. The summed E-state index contributed by atoms with van der Waals surface area (Å²) in [5.41, 5.74) is 25.7. The summed E-state index contributed by atoms with van der Waals surface area (Å²) in [6.07, 6.45) is 0. The highest BCUT2D eigenvalue weighted by atomic mass is 14.6. The van der Waals surface area contributed by atoms with E-state index in [1.807, 2.05) is 24.3 Å². The van der Waals surface area contributed by atoms with Gasteiger partial charge in [-0.1, -0.05) is 133 Å². The summed E-state index contributed by atoms with van der Waals surface area (Å²) in [5, 5.41) is 4.91. The number of nitrogen functional groups attached to an aromatic ring is 2. The van der Waals surface area contributed by atoms with E-state index in [2.05, 4.69) is 146 Å². The highest BCUT2D eigenvalue weighted by molar-refractivity contribution is 5.99. The topological polar surface area (TPSA) is 52.0 Å². The molecule has 0 atom stereocenters. The molecule has 1 aliphatic carbocycles. The molecule has 47 heavy (non-hydrogen) atoms. The molecule has 0 amide bonds. The largest absolute Gasteiger partial charge is 0.399 e. The van der Waals surface area contributed by atoms with Crippen LogP contribution in [0.5, 0.6) is 0 Å². The van der Waals surface area contributed by atoms with Crippen molar-refractivity contribution in [1.82, 2.24) is 0 Å². The van der Waals surface area contributed by atoms with Gasteiger partial charge in [0, 0.05) is 11.4 Å². The third-order valence-corrected chi connectivity index (χ3v) is 9.98. The molecule has 0 bridgehead atoms. The lowest BCUT2D eigenvalue weighted by Crippen LogP contribution is -2.30. The Balaban J connectivity index is 1.44. The normalized spacial score (nSPS) is 13.0. The lowest BCUT2D eigenvalue weighted by atomic mass is 9.64. The number of nitrogens with two attached hydrogens (primary N) is 2. The second kappa shape index (κ2) is 10.5. The van der Waals surface area contributed by atoms with Crippen LogP contribution in [0.25, 0.3) is 54.9 Å². The summed E-state index contributed by atoms with van der Waals surface area (Å²) < 4.78 is 0. The van der Waals surface area contributed by atoms with Crippen LogP contribution in [0.4, 0.5) is 11.4 Å². The Hall–Kier alpha value is -6.12. The Labute approximate surface area is 274 Å². The fourth-order valence-corrected chi connectivity index (χ4v) is 7.89. The van der Waals surface area contributed by atoms with Crippen molar-refractivity contribution in [3.05, 3.63) is 192 Å². The summed E-state index contributed by atoms with van der Waals surface area (Å²) in [6, 6.07) is 61.3. The number of hydrogen-bond donors (Lipinski definition) is 2. The van der Waals surface area contributed by atoms with E-state index in [0.29, 0.717) is 0 Å². The zero-order valence-electron chi connectivity index (χ0n) is 25.8. The zero-order chi connectivity index (χ0) is 31.5. The van der Waals surface area contributed by atoms with Gasteiger partial charge in [-0.2, -0.15) is 0 Å². The summed E-state index contributed by atoms with van der Waals surface area (Å²) in [6.45, 7) is 0. The van der Waals surface area contributed by atoms with E-state index >= 15 is 0 Å². The van der Waals surface area contributed by atoms with Gasteiger partial charge in [-0.15, -0.1) is 0 Å². The average molecular weight is 601 g/mol. The van der Waals surface area contributed by atoms with Crippen LogP contribution >= 0.6 is 0 Å². The minimum absolute atomic E-state index is 0.656. The maximum Gasteiger partial charge on any atom is 0.0725 e. The van der Waals surface area contributed by atoms with Gasteiger partial charge in [0.25, 0.3) is 0 Å². The second-order valence-corrected chi connectivity index (χ2v) is 12.6. The fraction of sp³-hybridized carbons (Fsp3) is 0.0222. The first kappa shape index (κ1) is 27.2. The van der Waals surface area contributed by atoms with E-state index in [1.54, 1.807) is 0 Å². The first-order valence-electron chi connectivity index (χ1n) is 16.1. The fourth-order valence-electron chi connectivity index (χ4n) is 7.89. The lowest BCUT2D eigenvalue weighted by molar-refractivity contribution is 0.772. The van der Waals surface area contributed by atoms with Crippen molar-refractivity contribution in [2.24, 2.45) is 0 Å². The van der Waals surface area contributed by atoms with Crippen molar-refractivity contribution >= 4 is 32.9 Å². The monoisotopic (exact) mass is 600 g/mol. The molecule has 0 heterocycles. The van der Waals surface area contributed by atoms with Gasteiger partial charge in [-0.25, -0.2) is 0 Å². The van der Waals surface area contributed by atoms with Crippen molar-refractivity contribution in [2.45, 2.75) is 5.41 Å². The molecule has 4 N–H and O–H groups in total. The van der Waals surface area contributed by atoms with Gasteiger partial charge >= 0.3 is 0 Å². The van der Waals surface area contributed by atoms with E-state index in [9.17, 15) is 0 Å². The van der Waals surface area contributed by atoms with Crippen molar-refractivity contribution in [3.8, 4) is 33.4 Å². The molecule has 0 unspecified atom stereocenters. The van der Waals surface area contributed by atoms with E-state index in [4.69, 9.17) is 11.5 Å². The molecule has 0 fully saturated rings. The molecule has 0 saturated carbocycles. The van der Waals surface area contributed by atoms with Gasteiger partial charge < -0.3 is 11.5 Å². The van der Waals surface area contributed by atoms with E-state index in [0.717, 1.165) is 22.5 Å². The molecule has 0 aliphatic heterocycles. The van der Waals surface area contributed by atoms with Gasteiger partial charge in [0.2, 0.25) is 0 Å². The quantitative estimate of drug-likeness (QED) is 0.197. The van der Waals surface area contributed by atoms with Crippen molar-refractivity contribution in [2.75, 3.05) is 11.5 Å². The molecule has 0 spiro atoms. The third-order valence-electron chi connectivity index (χ3n) is 9.98. The summed E-state index contributed by atoms with van der Waals surface area (Å²) in [5.74, 6) is 0. The standard InChI is InChI=1S/C45H32N2/c46-37-23-19-35(20-24-37)45(36-21-25-38(47)26-22-36)43-39(33-17-15-29-7-1-3-9-31(29)27-33)11-5-13-41(43)42-14-6-12-40(44(42)45)34-18-16-30-8-2-4-10-32(30)28-34/h1-28H,46-47H2. The predicted octanol–water partition coefficient (Wildman–Crippen LogP) is 10.9. The molecule has 8 aromatic rings. The van der Waals surface area contributed by atoms with E-state index in [1.165, 1.54) is 66.1 Å². The molecule has 1 aliphatic rings. The smallest absolute Gasteiger partial charge is 0.0725 e. The van der Waals surface area contributed by atoms with Crippen molar-refractivity contribution in [1.29, 1.82) is 0 Å². The van der Waals surface area contributed by atoms with Crippen LogP contribution in [0, 0.1) is 0 Å². The number of anilines is 2. The van der Waals surface area contributed by atoms with Crippen LogP contribution in [0.3, 0.4) is 0 Å². The molecule has 9 rings (SSSR count). The highest BCUT2D eigenvalue weighted by Gasteiger charge is 2.49. The molecular weight excluding hydrogens is 569 g/mol. The average Bonchev–Trinajstić information content (AvgIpc) is 3.43. The summed E-state index contributed by atoms with van der Waals surface area (Å²) in [7, 11) is 0. The molecule has 0 saturated heterocycles. The van der Waals surface area contributed by atoms with Gasteiger partial charge in [0.1, 0.15) is 0 Å². The van der Waals surface area contributed by atoms with Crippen LogP contribution in [-0.4, -0.2) is 0 Å². The first-order chi connectivity index (χ1) is 23.1. The van der Waals surface area contributed by atoms with Crippen LogP contribution in [0.2, 0.25) is 0 Å². The van der Waals surface area contributed by atoms with E-state index < -0.39 is 5.41 Å². The Bertz CT molecular complexity index is 2300. The minimum Gasteiger partial charge on any atom is -0.399 e. The predicted molar refractivity (Wildman–Crippen MR) is 198 cm³/mol. The lowest BCUT2D eigenvalue weighted by Gasteiger charge is -2.37. The van der Waals surface area contributed by atoms with Crippen LogP contribution in [0.15, 0.2) is 170 Å². The SMILES string of the molecule is Nc1ccc(C2(c3ccc(N)cc3)c3c(-c4ccc5ccccc5c4)cccc3-c3cccc(-c4ccc5ccccc5c4)c32)cc1. The van der Waals surface area contributed by atoms with Gasteiger partial charge in [-0.05, 0) is 114 Å². The minimum atomic E-state index is -0.656. The molecule has 2 heteroatoms. The molecular formula is C45H32N2. The number of fused-ring (bicyclic) bond motifs is 5. The Morgan fingerprint density at radius 1 is 0.319 bits per heavy atom. The van der Waals surface area contributed by atoms with Gasteiger partial charge in [-0.3, -0.25) is 0 Å². The van der Waals surface area contributed by atoms with Crippen molar-refractivity contribution in [3.63, 3.8) is 0 Å². The van der Waals surface area contributed by atoms with Crippen molar-refractivity contribution < 1.29 is 0 Å². The molecule has 2 nitrogen and oxygen atoms in total. The van der Waals surface area contributed by atoms with Crippen LogP contribution in [0.1, 0.15) is 22.3 Å². The van der Waals surface area contributed by atoms with E-state index in [-0.39, 0.29) is 0 Å². The molecule has 8 aromatic carbocycles. The number of hydrogen-bond acceptors (Lipinski definition) is 2. The summed E-state index contributed by atoms with van der Waals surface area (Å²) in [4.78, 5) is 0. The molecule has 0 radical (unpaired) electrons. The van der Waals surface area contributed by atoms with Gasteiger partial charge in [0.05, 0.1) is 5.41 Å². The Kier molecular flexibility index (Phi) is 6.06. The second-order valence-electron chi connectivity index (χ2n) is 12.6. The molecule has 0 aromatic heterocycles. The van der Waals surface area contributed by atoms with Crippen LogP contribution in [-0.2, 0) is 5.41 Å². The Morgan fingerprint density at radius 2 is 0.702 bits per heavy atom. The van der Waals surface area contributed by atoms with Crippen LogP contribution < -0.4 is 11.5 Å². The summed E-state index contributed by atoms with van der Waals surface area (Å²) >= 11 is 0. The maximum absolute atomic E-state index is 6.35. The first-order valence-corrected chi connectivity index (χ1v) is 16.1. The van der Waals surface area contributed by atoms with Gasteiger partial charge in [0.15, 0.2) is 0 Å². The maximum atomic E-state index is 6.35. The highest BCUT2D eigenvalue weighted by Crippen LogP contribution is 2.61. The number of rotatable bonds is 4. The Morgan fingerprint density at radius 3 is 1.13 bits per heavy atom. The zero-order valence-corrected chi connectivity index (χ0v) is 25.8. The number of benzene rings is 8.